The zero-order valence-corrected chi connectivity index (χ0v) is 16.4. The van der Waals surface area contributed by atoms with E-state index in [1.807, 2.05) is 0 Å². The number of benzene rings is 1. The average Bonchev–Trinajstić information content (AvgIpc) is 3.25. The van der Waals surface area contributed by atoms with Crippen LogP contribution in [-0.2, 0) is 4.79 Å². The van der Waals surface area contributed by atoms with E-state index in [0.29, 0.717) is 31.0 Å². The summed E-state index contributed by atoms with van der Waals surface area (Å²) in [6, 6.07) is 11.0. The molecule has 8 heteroatoms. The maximum Gasteiger partial charge on any atom is 0.263 e. The largest absolute Gasteiger partial charge is 0.478 e. The third kappa shape index (κ3) is 4.22. The number of aromatic nitrogens is 3. The summed E-state index contributed by atoms with van der Waals surface area (Å²) in [6.07, 6.45) is 3.13. The molecule has 1 aromatic carbocycles. The lowest BCUT2D eigenvalue weighted by atomic mass is 10.0. The number of para-hydroxylation sites is 1. The van der Waals surface area contributed by atoms with E-state index in [1.54, 1.807) is 48.5 Å². The number of carbonyl (C=O) groups is 1. The Bertz CT molecular complexity index is 1100. The molecule has 3 aromatic rings. The van der Waals surface area contributed by atoms with Gasteiger partial charge < -0.3 is 14.6 Å². The summed E-state index contributed by atoms with van der Waals surface area (Å²) >= 11 is 0. The topological polar surface area (TPSA) is 88.2 Å². The molecule has 2 atom stereocenters. The standard InChI is InChI=1S/C22H21FN4O3/c1-14(30-19-5-3-2-4-17(19)23)22(29)27-11-8-16(13-27)18-12-20(28)26-21(25-18)15-6-9-24-10-7-15/h2-7,9-10,12,14,16H,8,11,13H2,1H3,(H,25,26,28)/t14-,16-/m0/s1. The van der Waals surface area contributed by atoms with Crippen LogP contribution < -0.4 is 10.3 Å². The van der Waals surface area contributed by atoms with Gasteiger partial charge in [0.2, 0.25) is 0 Å². The number of halogens is 1. The molecule has 1 amide bonds. The van der Waals surface area contributed by atoms with Gasteiger partial charge in [-0.1, -0.05) is 12.1 Å². The summed E-state index contributed by atoms with van der Waals surface area (Å²) in [6.45, 7) is 2.55. The van der Waals surface area contributed by atoms with Crippen LogP contribution in [-0.4, -0.2) is 45.0 Å². The van der Waals surface area contributed by atoms with Crippen LogP contribution in [0.25, 0.3) is 11.4 Å². The molecule has 154 valence electrons. The lowest BCUT2D eigenvalue weighted by Gasteiger charge is -2.22. The number of aromatic amines is 1. The van der Waals surface area contributed by atoms with E-state index in [0.717, 1.165) is 5.56 Å². The molecule has 7 nitrogen and oxygen atoms in total. The number of ether oxygens (including phenoxy) is 1. The molecule has 1 saturated heterocycles. The number of H-pyrrole nitrogens is 1. The highest BCUT2D eigenvalue weighted by atomic mass is 19.1. The van der Waals surface area contributed by atoms with Crippen LogP contribution in [0, 0.1) is 5.82 Å². The monoisotopic (exact) mass is 408 g/mol. The lowest BCUT2D eigenvalue weighted by Crippen LogP contribution is -2.39. The second-order valence-electron chi connectivity index (χ2n) is 7.22. The van der Waals surface area contributed by atoms with Gasteiger partial charge in [0.25, 0.3) is 11.5 Å². The Morgan fingerprint density at radius 3 is 2.80 bits per heavy atom. The molecule has 4 rings (SSSR count). The van der Waals surface area contributed by atoms with Gasteiger partial charge in [-0.2, -0.15) is 0 Å². The summed E-state index contributed by atoms with van der Waals surface area (Å²) in [5.74, 6) is -0.265. The van der Waals surface area contributed by atoms with E-state index in [-0.39, 0.29) is 23.1 Å². The number of amides is 1. The number of hydrogen-bond acceptors (Lipinski definition) is 5. The van der Waals surface area contributed by atoms with E-state index in [1.165, 1.54) is 18.2 Å². The van der Waals surface area contributed by atoms with Gasteiger partial charge in [0.05, 0.1) is 5.69 Å². The Labute approximate surface area is 172 Å². The molecule has 1 aliphatic heterocycles. The first kappa shape index (κ1) is 19.8. The number of likely N-dealkylation sites (tertiary alicyclic amines) is 1. The minimum absolute atomic E-state index is 0.0485. The third-order valence-corrected chi connectivity index (χ3v) is 5.12. The van der Waals surface area contributed by atoms with E-state index in [4.69, 9.17) is 4.74 Å². The fraction of sp³-hybridized carbons (Fsp3) is 0.273. The highest BCUT2D eigenvalue weighted by Gasteiger charge is 2.32. The zero-order chi connectivity index (χ0) is 21.1. The Morgan fingerprint density at radius 2 is 2.03 bits per heavy atom. The van der Waals surface area contributed by atoms with Crippen molar-refractivity contribution >= 4 is 5.91 Å². The molecular formula is C22H21FN4O3. The molecule has 1 aliphatic rings. The molecule has 0 saturated carbocycles. The molecule has 3 heterocycles. The number of nitrogens with zero attached hydrogens (tertiary/aromatic N) is 3. The Kier molecular flexibility index (Phi) is 5.56. The molecule has 30 heavy (non-hydrogen) atoms. The molecule has 0 unspecified atom stereocenters. The van der Waals surface area contributed by atoms with Gasteiger partial charge >= 0.3 is 0 Å². The molecule has 0 spiro atoms. The van der Waals surface area contributed by atoms with Crippen LogP contribution in [0.2, 0.25) is 0 Å². The number of nitrogens with one attached hydrogen (secondary N) is 1. The summed E-state index contributed by atoms with van der Waals surface area (Å²) < 4.78 is 19.3. The highest BCUT2D eigenvalue weighted by Crippen LogP contribution is 2.27. The predicted molar refractivity (Wildman–Crippen MR) is 109 cm³/mol. The number of hydrogen-bond donors (Lipinski definition) is 1. The molecule has 2 aromatic heterocycles. The summed E-state index contributed by atoms with van der Waals surface area (Å²) in [5.41, 5.74) is 1.16. The van der Waals surface area contributed by atoms with Crippen molar-refractivity contribution in [3.63, 3.8) is 0 Å². The van der Waals surface area contributed by atoms with E-state index >= 15 is 0 Å². The van der Waals surface area contributed by atoms with Crippen molar-refractivity contribution in [1.29, 1.82) is 0 Å². The first-order valence-electron chi connectivity index (χ1n) is 9.73. The highest BCUT2D eigenvalue weighted by molar-refractivity contribution is 5.81. The zero-order valence-electron chi connectivity index (χ0n) is 16.4. The van der Waals surface area contributed by atoms with Gasteiger partial charge in [-0.25, -0.2) is 9.37 Å². The van der Waals surface area contributed by atoms with Gasteiger partial charge in [0.1, 0.15) is 5.82 Å². The summed E-state index contributed by atoms with van der Waals surface area (Å²) in [7, 11) is 0. The molecule has 1 fully saturated rings. The Hall–Kier alpha value is -3.55. The maximum absolute atomic E-state index is 13.8. The van der Waals surface area contributed by atoms with Crippen LogP contribution in [0.1, 0.15) is 25.0 Å². The average molecular weight is 408 g/mol. The van der Waals surface area contributed by atoms with Crippen molar-refractivity contribution in [3.8, 4) is 17.1 Å². The minimum atomic E-state index is -0.819. The molecule has 0 radical (unpaired) electrons. The normalized spacial score (nSPS) is 17.0. The van der Waals surface area contributed by atoms with Crippen molar-refractivity contribution in [2.45, 2.75) is 25.4 Å². The molecular weight excluding hydrogens is 387 g/mol. The quantitative estimate of drug-likeness (QED) is 0.701. The van der Waals surface area contributed by atoms with Crippen LogP contribution >= 0.6 is 0 Å². The second kappa shape index (κ2) is 8.44. The minimum Gasteiger partial charge on any atom is -0.478 e. The summed E-state index contributed by atoms with van der Waals surface area (Å²) in [4.78, 5) is 37.9. The first-order valence-corrected chi connectivity index (χ1v) is 9.73. The van der Waals surface area contributed by atoms with Gasteiger partial charge in [-0.15, -0.1) is 0 Å². The second-order valence-corrected chi connectivity index (χ2v) is 7.22. The van der Waals surface area contributed by atoms with Crippen molar-refractivity contribution < 1.29 is 13.9 Å². The van der Waals surface area contributed by atoms with Crippen LogP contribution in [0.3, 0.4) is 0 Å². The lowest BCUT2D eigenvalue weighted by molar-refractivity contribution is -0.136. The van der Waals surface area contributed by atoms with Crippen molar-refractivity contribution in [1.82, 2.24) is 19.9 Å². The molecule has 0 bridgehead atoms. The number of rotatable bonds is 5. The SMILES string of the molecule is C[C@H](Oc1ccccc1F)C(=O)N1CC[C@H](c2cc(=O)[nH]c(-c3ccncc3)n2)C1. The van der Waals surface area contributed by atoms with Crippen LogP contribution in [0.15, 0.2) is 59.7 Å². The van der Waals surface area contributed by atoms with Gasteiger partial charge in [0.15, 0.2) is 17.7 Å². The van der Waals surface area contributed by atoms with Gasteiger partial charge in [0, 0.05) is 43.0 Å². The van der Waals surface area contributed by atoms with Crippen molar-refractivity contribution in [2.75, 3.05) is 13.1 Å². The van der Waals surface area contributed by atoms with Crippen LogP contribution in [0.4, 0.5) is 4.39 Å². The van der Waals surface area contributed by atoms with Crippen LogP contribution in [0.5, 0.6) is 5.75 Å². The van der Waals surface area contributed by atoms with Gasteiger partial charge in [-0.3, -0.25) is 14.6 Å². The first-order chi connectivity index (χ1) is 14.5. The smallest absolute Gasteiger partial charge is 0.263 e. The predicted octanol–water partition coefficient (Wildman–Crippen LogP) is 2.75. The summed E-state index contributed by atoms with van der Waals surface area (Å²) in [5, 5.41) is 0. The Morgan fingerprint density at radius 1 is 1.27 bits per heavy atom. The van der Waals surface area contributed by atoms with Gasteiger partial charge in [-0.05, 0) is 37.6 Å². The van der Waals surface area contributed by atoms with E-state index in [2.05, 4.69) is 15.0 Å². The third-order valence-electron chi connectivity index (χ3n) is 5.12. The van der Waals surface area contributed by atoms with Crippen molar-refractivity contribution in [2.24, 2.45) is 0 Å². The fourth-order valence-corrected chi connectivity index (χ4v) is 3.57. The Balaban J connectivity index is 1.47. The maximum atomic E-state index is 13.8. The van der Waals surface area contributed by atoms with E-state index in [9.17, 15) is 14.0 Å². The van der Waals surface area contributed by atoms with E-state index < -0.39 is 11.9 Å². The molecule has 1 N–H and O–H groups in total. The number of pyridine rings is 1. The number of carbonyl (C=O) groups excluding carboxylic acids is 1. The molecule has 0 aliphatic carbocycles. The van der Waals surface area contributed by atoms with Crippen molar-refractivity contribution in [3.05, 3.63) is 76.7 Å². The fourth-order valence-electron chi connectivity index (χ4n) is 3.57.